The van der Waals surface area contributed by atoms with Crippen LogP contribution in [0.25, 0.3) is 11.1 Å². The minimum atomic E-state index is -0.370. The Balaban J connectivity index is 1.35. The summed E-state index contributed by atoms with van der Waals surface area (Å²) in [6.45, 7) is 1.02. The highest BCUT2D eigenvalue weighted by atomic mass is 16.5. The number of nitrogens with one attached hydrogen (secondary N) is 1. The van der Waals surface area contributed by atoms with E-state index in [0.29, 0.717) is 25.1 Å². The third-order valence-electron chi connectivity index (χ3n) is 7.05. The van der Waals surface area contributed by atoms with Gasteiger partial charge in [0, 0.05) is 12.1 Å². The number of nitrogen functional groups attached to an aromatic ring is 1. The van der Waals surface area contributed by atoms with Crippen LogP contribution in [-0.2, 0) is 20.7 Å². The first-order valence-electron chi connectivity index (χ1n) is 13.0. The van der Waals surface area contributed by atoms with Crippen LogP contribution in [-0.4, -0.2) is 48.9 Å². The number of hydrogen-bond acceptors (Lipinski definition) is 5. The fourth-order valence-corrected chi connectivity index (χ4v) is 4.91. The summed E-state index contributed by atoms with van der Waals surface area (Å²) in [5.41, 5.74) is 9.58. The van der Waals surface area contributed by atoms with E-state index in [4.69, 9.17) is 20.6 Å². The van der Waals surface area contributed by atoms with Gasteiger partial charge in [-0.2, -0.15) is 0 Å². The molecule has 0 spiro atoms. The predicted octanol–water partition coefficient (Wildman–Crippen LogP) is 4.82. The number of amides is 1. The third-order valence-corrected chi connectivity index (χ3v) is 7.05. The van der Waals surface area contributed by atoms with Gasteiger partial charge in [0.25, 0.3) is 0 Å². The molecule has 0 bridgehead atoms. The molecule has 0 aliphatic carbocycles. The molecule has 1 saturated heterocycles. The number of rotatable bonds is 12. The number of carbonyl (C=O) groups excluding carboxylic acids is 2. The number of ether oxygens (including phenoxy) is 2. The monoisotopic (exact) mass is 513 g/mol. The maximum Gasteiger partial charge on any atom is 0.306 e. The average molecular weight is 514 g/mol. The number of methoxy groups -OCH3 is 1. The average Bonchev–Trinajstić information content (AvgIpc) is 3.24. The summed E-state index contributed by atoms with van der Waals surface area (Å²) in [6.07, 6.45) is 3.52. The number of amidine groups is 1. The third kappa shape index (κ3) is 7.00. The maximum atomic E-state index is 13.2. The lowest BCUT2D eigenvalue weighted by molar-refractivity contribution is -0.144. The maximum absolute atomic E-state index is 13.2. The molecular weight excluding hydrogens is 478 g/mol. The summed E-state index contributed by atoms with van der Waals surface area (Å²) in [5, 5.41) is 7.53. The molecule has 0 saturated carbocycles. The van der Waals surface area contributed by atoms with Gasteiger partial charge in [0.1, 0.15) is 18.2 Å². The van der Waals surface area contributed by atoms with Gasteiger partial charge in [0.2, 0.25) is 5.91 Å². The van der Waals surface area contributed by atoms with Gasteiger partial charge in [-0.25, -0.2) is 0 Å². The van der Waals surface area contributed by atoms with Crippen LogP contribution in [0.4, 0.5) is 0 Å². The Hall–Kier alpha value is -4.13. The van der Waals surface area contributed by atoms with E-state index in [9.17, 15) is 9.59 Å². The van der Waals surface area contributed by atoms with E-state index in [1.807, 2.05) is 71.6 Å². The zero-order chi connectivity index (χ0) is 26.9. The smallest absolute Gasteiger partial charge is 0.306 e. The second-order valence-electron chi connectivity index (χ2n) is 9.67. The highest BCUT2D eigenvalue weighted by Crippen LogP contribution is 2.29. The molecule has 0 aromatic heterocycles. The molecule has 1 aliphatic rings. The number of aryl methyl sites for hydroxylation is 1. The van der Waals surface area contributed by atoms with Crippen molar-refractivity contribution in [2.75, 3.05) is 20.3 Å². The van der Waals surface area contributed by atoms with E-state index in [1.54, 1.807) is 0 Å². The molecule has 1 aliphatic heterocycles. The lowest BCUT2D eigenvalue weighted by atomic mass is 10.0. The summed E-state index contributed by atoms with van der Waals surface area (Å²) in [5.74, 6) is 0.0474. The van der Waals surface area contributed by atoms with Crippen molar-refractivity contribution in [3.63, 3.8) is 0 Å². The van der Waals surface area contributed by atoms with Crippen molar-refractivity contribution in [1.29, 1.82) is 5.41 Å². The highest BCUT2D eigenvalue weighted by Gasteiger charge is 2.40. The van der Waals surface area contributed by atoms with Crippen LogP contribution in [0.3, 0.4) is 0 Å². The minimum Gasteiger partial charge on any atom is -0.491 e. The zero-order valence-corrected chi connectivity index (χ0v) is 21.8. The van der Waals surface area contributed by atoms with Crippen molar-refractivity contribution in [3.05, 3.63) is 90.0 Å². The first kappa shape index (κ1) is 26.9. The number of nitrogens with zero attached hydrogens (tertiary/aromatic N) is 1. The summed E-state index contributed by atoms with van der Waals surface area (Å²) in [4.78, 5) is 26.9. The fraction of sp³-hybridized carbons (Fsp3) is 0.323. The van der Waals surface area contributed by atoms with E-state index in [1.165, 1.54) is 12.7 Å². The van der Waals surface area contributed by atoms with Crippen LogP contribution in [0.1, 0.15) is 36.8 Å². The van der Waals surface area contributed by atoms with Gasteiger partial charge in [-0.1, -0.05) is 66.7 Å². The summed E-state index contributed by atoms with van der Waals surface area (Å²) >= 11 is 0. The Bertz CT molecular complexity index is 1230. The van der Waals surface area contributed by atoms with Gasteiger partial charge in [-0.15, -0.1) is 0 Å². The van der Waals surface area contributed by atoms with Crippen molar-refractivity contribution in [3.8, 4) is 16.9 Å². The predicted molar refractivity (Wildman–Crippen MR) is 148 cm³/mol. The molecule has 38 heavy (non-hydrogen) atoms. The fourth-order valence-electron chi connectivity index (χ4n) is 4.91. The van der Waals surface area contributed by atoms with Gasteiger partial charge >= 0.3 is 5.97 Å². The van der Waals surface area contributed by atoms with Crippen LogP contribution in [0.5, 0.6) is 5.75 Å². The number of hydrogen-bond donors (Lipinski definition) is 2. The Morgan fingerprint density at radius 3 is 2.26 bits per heavy atom. The molecule has 3 aromatic rings. The quantitative estimate of drug-likeness (QED) is 0.156. The van der Waals surface area contributed by atoms with E-state index in [0.717, 1.165) is 36.1 Å². The zero-order valence-electron chi connectivity index (χ0n) is 21.8. The largest absolute Gasteiger partial charge is 0.491 e. The summed E-state index contributed by atoms with van der Waals surface area (Å²) < 4.78 is 10.9. The van der Waals surface area contributed by atoms with E-state index in [2.05, 4.69) is 12.1 Å². The topological polar surface area (TPSA) is 106 Å². The molecule has 198 valence electrons. The standard InChI is InChI=1S/C31H35N3O4/c1-37-29(35)20-26-19-27(34(31(26)36)18-6-5-9-22-7-3-2-4-8-22)21-38-28-16-14-24(15-17-28)23-10-12-25(13-11-23)30(32)33/h2-4,7-8,10-17,26-27H,5-6,9,18-21H2,1H3,(H3,32,33)/t26-,27-/m0/s1. The lowest BCUT2D eigenvalue weighted by Gasteiger charge is -2.25. The van der Waals surface area contributed by atoms with Crippen molar-refractivity contribution in [1.82, 2.24) is 4.90 Å². The first-order chi connectivity index (χ1) is 18.4. The lowest BCUT2D eigenvalue weighted by Crippen LogP contribution is -2.38. The number of benzene rings is 3. The highest BCUT2D eigenvalue weighted by molar-refractivity contribution is 5.95. The first-order valence-corrected chi connectivity index (χ1v) is 13.0. The molecule has 0 radical (unpaired) electrons. The number of carbonyl (C=O) groups is 2. The van der Waals surface area contributed by atoms with Gasteiger partial charge in [0.05, 0.1) is 25.5 Å². The molecule has 1 fully saturated rings. The molecule has 7 nitrogen and oxygen atoms in total. The second-order valence-corrected chi connectivity index (χ2v) is 9.67. The van der Waals surface area contributed by atoms with Gasteiger partial charge in [-0.05, 0) is 54.5 Å². The van der Waals surface area contributed by atoms with Crippen LogP contribution in [0.15, 0.2) is 78.9 Å². The van der Waals surface area contributed by atoms with E-state index in [-0.39, 0.29) is 36.1 Å². The van der Waals surface area contributed by atoms with Crippen LogP contribution >= 0.6 is 0 Å². The van der Waals surface area contributed by atoms with Gasteiger partial charge < -0.3 is 20.1 Å². The molecule has 3 aromatic carbocycles. The number of likely N-dealkylation sites (tertiary alicyclic amines) is 1. The number of esters is 1. The van der Waals surface area contributed by atoms with Crippen molar-refractivity contribution in [2.24, 2.45) is 11.7 Å². The van der Waals surface area contributed by atoms with Crippen LogP contribution in [0, 0.1) is 11.3 Å². The second kappa shape index (κ2) is 12.9. The van der Waals surface area contributed by atoms with Crippen molar-refractivity contribution >= 4 is 17.7 Å². The molecule has 0 unspecified atom stereocenters. The van der Waals surface area contributed by atoms with Crippen molar-refractivity contribution < 1.29 is 19.1 Å². The number of nitrogens with two attached hydrogens (primary N) is 1. The van der Waals surface area contributed by atoms with Crippen LogP contribution in [0.2, 0.25) is 0 Å². The Morgan fingerprint density at radius 2 is 1.63 bits per heavy atom. The molecule has 7 heteroatoms. The Labute approximate surface area is 224 Å². The van der Waals surface area contributed by atoms with Gasteiger partial charge in [0.15, 0.2) is 0 Å². The molecular formula is C31H35N3O4. The van der Waals surface area contributed by atoms with Crippen LogP contribution < -0.4 is 10.5 Å². The molecule has 4 rings (SSSR count). The number of unbranched alkanes of at least 4 members (excludes halogenated alkanes) is 1. The SMILES string of the molecule is COC(=O)C[C@@H]1C[C@@H](COc2ccc(-c3ccc(C(=N)N)cc3)cc2)N(CCCCc2ccccc2)C1=O. The van der Waals surface area contributed by atoms with Gasteiger partial charge in [-0.3, -0.25) is 15.0 Å². The van der Waals surface area contributed by atoms with E-state index < -0.39 is 0 Å². The minimum absolute atomic E-state index is 0.00747. The summed E-state index contributed by atoms with van der Waals surface area (Å²) in [7, 11) is 1.35. The molecule has 1 amide bonds. The Kier molecular flexibility index (Phi) is 9.14. The van der Waals surface area contributed by atoms with E-state index >= 15 is 0 Å². The molecule has 1 heterocycles. The normalized spacial score (nSPS) is 16.9. The summed E-state index contributed by atoms with van der Waals surface area (Å²) in [6, 6.07) is 25.6. The van der Waals surface area contributed by atoms with Crippen molar-refractivity contribution in [2.45, 2.75) is 38.1 Å². The molecule has 3 N–H and O–H groups in total. The Morgan fingerprint density at radius 1 is 0.974 bits per heavy atom. The molecule has 2 atom stereocenters.